The molecule has 0 unspecified atom stereocenters. The van der Waals surface area contributed by atoms with E-state index in [2.05, 4.69) is 31.8 Å². The lowest BCUT2D eigenvalue weighted by Gasteiger charge is -2.01. The number of rotatable bonds is 3. The number of carbonyl (C=O) groups is 2. The summed E-state index contributed by atoms with van der Waals surface area (Å²) in [6, 6.07) is 7.62. The summed E-state index contributed by atoms with van der Waals surface area (Å²) < 4.78 is 6.60. The third-order valence-electron chi connectivity index (χ3n) is 3.28. The summed E-state index contributed by atoms with van der Waals surface area (Å²) in [7, 11) is 0. The quantitative estimate of drug-likeness (QED) is 0.498. The maximum atomic E-state index is 11.6. The van der Waals surface area contributed by atoms with Crippen molar-refractivity contribution in [2.24, 2.45) is 5.10 Å². The van der Waals surface area contributed by atoms with Crippen molar-refractivity contribution in [3.05, 3.63) is 34.5 Å². The van der Waals surface area contributed by atoms with Crippen molar-refractivity contribution in [1.82, 2.24) is 10.7 Å². The average molecular weight is 364 g/mol. The van der Waals surface area contributed by atoms with Crippen LogP contribution in [0.15, 0.2) is 38.3 Å². The molecule has 1 saturated carbocycles. The van der Waals surface area contributed by atoms with Crippen LogP contribution in [0.3, 0.4) is 0 Å². The van der Waals surface area contributed by atoms with E-state index in [1.165, 1.54) is 0 Å². The Morgan fingerprint density at radius 2 is 2.05 bits per heavy atom. The van der Waals surface area contributed by atoms with Gasteiger partial charge in [0.05, 0.1) is 0 Å². The number of hydrazone groups is 1. The molecule has 1 heterocycles. The van der Waals surface area contributed by atoms with Crippen molar-refractivity contribution in [1.29, 1.82) is 0 Å². The number of hydrogen-bond acceptors (Lipinski definition) is 4. The summed E-state index contributed by atoms with van der Waals surface area (Å²) in [5, 5.41) is 7.44. The van der Waals surface area contributed by atoms with Crippen LogP contribution in [0.5, 0.6) is 0 Å². The van der Waals surface area contributed by atoms with Gasteiger partial charge in [0.2, 0.25) is 0 Å². The molecule has 0 bridgehead atoms. The van der Waals surface area contributed by atoms with Crippen molar-refractivity contribution in [3.8, 4) is 0 Å². The first-order chi connectivity index (χ1) is 10.5. The van der Waals surface area contributed by atoms with Crippen LogP contribution in [0, 0.1) is 0 Å². The highest BCUT2D eigenvalue weighted by molar-refractivity contribution is 9.10. The summed E-state index contributed by atoms with van der Waals surface area (Å²) in [6.07, 6.45) is 1.85. The Morgan fingerprint density at radius 3 is 2.77 bits per heavy atom. The number of halogens is 1. The van der Waals surface area contributed by atoms with Crippen LogP contribution in [0.4, 0.5) is 0 Å². The van der Waals surface area contributed by atoms with Gasteiger partial charge in [0.25, 0.3) is 0 Å². The van der Waals surface area contributed by atoms with E-state index in [0.717, 1.165) is 28.3 Å². The molecule has 1 aromatic carbocycles. The minimum atomic E-state index is -0.773. The van der Waals surface area contributed by atoms with Crippen molar-refractivity contribution in [3.63, 3.8) is 0 Å². The monoisotopic (exact) mass is 363 g/mol. The zero-order chi connectivity index (χ0) is 15.7. The van der Waals surface area contributed by atoms with Gasteiger partial charge in [0.15, 0.2) is 5.76 Å². The molecule has 0 saturated heterocycles. The fourth-order valence-electron chi connectivity index (χ4n) is 1.91. The molecule has 2 N–H and O–H groups in total. The molecule has 2 amide bonds. The van der Waals surface area contributed by atoms with Crippen molar-refractivity contribution >= 4 is 44.4 Å². The standard InChI is InChI=1S/C15H14BrN3O3/c1-8(18-19-15(21)14(20)17-11-3-4-11)13-7-9-6-10(16)2-5-12(9)22-13/h2,5-7,11H,3-4H2,1H3,(H,17,20)(H,19,21)/b18-8-. The van der Waals surface area contributed by atoms with Crippen molar-refractivity contribution in [2.45, 2.75) is 25.8 Å². The Labute approximate surface area is 135 Å². The van der Waals surface area contributed by atoms with E-state index in [1.807, 2.05) is 24.3 Å². The van der Waals surface area contributed by atoms with Gasteiger partial charge in [-0.05, 0) is 44.0 Å². The van der Waals surface area contributed by atoms with E-state index < -0.39 is 11.8 Å². The molecule has 3 rings (SSSR count). The molecule has 22 heavy (non-hydrogen) atoms. The molecule has 1 fully saturated rings. The topological polar surface area (TPSA) is 83.7 Å². The lowest BCUT2D eigenvalue weighted by molar-refractivity contribution is -0.139. The predicted molar refractivity (Wildman–Crippen MR) is 85.4 cm³/mol. The zero-order valence-corrected chi connectivity index (χ0v) is 13.4. The fraction of sp³-hybridized carbons (Fsp3) is 0.267. The molecule has 1 aromatic heterocycles. The molecule has 0 atom stereocenters. The third-order valence-corrected chi connectivity index (χ3v) is 3.77. The summed E-state index contributed by atoms with van der Waals surface area (Å²) in [5.74, 6) is -0.895. The van der Waals surface area contributed by atoms with Gasteiger partial charge in [0, 0.05) is 15.9 Å². The predicted octanol–water partition coefficient (Wildman–Crippen LogP) is 2.31. The molecule has 114 valence electrons. The van der Waals surface area contributed by atoms with Crippen LogP contribution < -0.4 is 10.7 Å². The van der Waals surface area contributed by atoms with E-state index in [0.29, 0.717) is 11.5 Å². The van der Waals surface area contributed by atoms with Gasteiger partial charge in [-0.1, -0.05) is 15.9 Å². The van der Waals surface area contributed by atoms with Crippen LogP contribution in [-0.4, -0.2) is 23.6 Å². The largest absolute Gasteiger partial charge is 0.455 e. The number of fused-ring (bicyclic) bond motifs is 1. The molecule has 1 aliphatic carbocycles. The van der Waals surface area contributed by atoms with Crippen LogP contribution in [0.2, 0.25) is 0 Å². The second-order valence-corrected chi connectivity index (χ2v) is 6.09. The molecule has 6 nitrogen and oxygen atoms in total. The van der Waals surface area contributed by atoms with Crippen LogP contribution in [0.25, 0.3) is 11.0 Å². The van der Waals surface area contributed by atoms with Crippen LogP contribution >= 0.6 is 15.9 Å². The smallest absolute Gasteiger partial charge is 0.329 e. The number of furan rings is 1. The Morgan fingerprint density at radius 1 is 1.27 bits per heavy atom. The number of benzene rings is 1. The van der Waals surface area contributed by atoms with Gasteiger partial charge >= 0.3 is 11.8 Å². The van der Waals surface area contributed by atoms with Gasteiger partial charge in [-0.2, -0.15) is 5.10 Å². The highest BCUT2D eigenvalue weighted by atomic mass is 79.9. The van der Waals surface area contributed by atoms with Gasteiger partial charge in [-0.3, -0.25) is 9.59 Å². The van der Waals surface area contributed by atoms with Gasteiger partial charge in [-0.25, -0.2) is 5.43 Å². The Balaban J connectivity index is 1.69. The van der Waals surface area contributed by atoms with Crippen LogP contribution in [-0.2, 0) is 9.59 Å². The lowest BCUT2D eigenvalue weighted by Crippen LogP contribution is -2.39. The maximum absolute atomic E-state index is 11.6. The summed E-state index contributed by atoms with van der Waals surface area (Å²) >= 11 is 3.40. The Hall–Kier alpha value is -2.15. The Bertz CT molecular complexity index is 777. The third kappa shape index (κ3) is 3.36. The average Bonchev–Trinajstić information content (AvgIpc) is 3.20. The van der Waals surface area contributed by atoms with E-state index in [-0.39, 0.29) is 6.04 Å². The zero-order valence-electron chi connectivity index (χ0n) is 11.9. The minimum absolute atomic E-state index is 0.136. The van der Waals surface area contributed by atoms with Crippen molar-refractivity contribution < 1.29 is 14.0 Å². The number of hydrogen-bond donors (Lipinski definition) is 2. The molecule has 0 radical (unpaired) electrons. The van der Waals surface area contributed by atoms with Crippen molar-refractivity contribution in [2.75, 3.05) is 0 Å². The second-order valence-electron chi connectivity index (χ2n) is 5.18. The lowest BCUT2D eigenvalue weighted by atomic mass is 10.2. The number of carbonyl (C=O) groups excluding carboxylic acids is 2. The molecular formula is C15H14BrN3O3. The SMILES string of the molecule is C/C(=N/NC(=O)C(=O)NC1CC1)c1cc2cc(Br)ccc2o1. The molecule has 0 aliphatic heterocycles. The first-order valence-corrected chi connectivity index (χ1v) is 7.67. The molecule has 1 aliphatic rings. The normalized spacial score (nSPS) is 14.9. The summed E-state index contributed by atoms with van der Waals surface area (Å²) in [5.41, 5.74) is 3.45. The van der Waals surface area contributed by atoms with Gasteiger partial charge in [0.1, 0.15) is 11.3 Å². The van der Waals surface area contributed by atoms with Crippen LogP contribution in [0.1, 0.15) is 25.5 Å². The minimum Gasteiger partial charge on any atom is -0.455 e. The second kappa shape index (κ2) is 5.92. The molecule has 0 spiro atoms. The number of amides is 2. The van der Waals surface area contributed by atoms with E-state index in [9.17, 15) is 9.59 Å². The summed E-state index contributed by atoms with van der Waals surface area (Å²) in [4.78, 5) is 23.1. The van der Waals surface area contributed by atoms with E-state index in [1.54, 1.807) is 6.92 Å². The fourth-order valence-corrected chi connectivity index (χ4v) is 2.29. The molecule has 2 aromatic rings. The number of nitrogens with zero attached hydrogens (tertiary/aromatic N) is 1. The molecule has 7 heteroatoms. The van der Waals surface area contributed by atoms with E-state index in [4.69, 9.17) is 4.42 Å². The summed E-state index contributed by atoms with van der Waals surface area (Å²) in [6.45, 7) is 1.70. The van der Waals surface area contributed by atoms with Gasteiger partial charge < -0.3 is 9.73 Å². The maximum Gasteiger partial charge on any atom is 0.329 e. The Kier molecular flexibility index (Phi) is 3.98. The highest BCUT2D eigenvalue weighted by Gasteiger charge is 2.26. The first kappa shape index (κ1) is 14.8. The highest BCUT2D eigenvalue weighted by Crippen LogP contribution is 2.23. The first-order valence-electron chi connectivity index (χ1n) is 6.87. The van der Waals surface area contributed by atoms with Gasteiger partial charge in [-0.15, -0.1) is 0 Å². The molecular weight excluding hydrogens is 350 g/mol. The van der Waals surface area contributed by atoms with E-state index >= 15 is 0 Å². The number of nitrogens with one attached hydrogen (secondary N) is 2.